The van der Waals surface area contributed by atoms with Crippen molar-refractivity contribution in [3.05, 3.63) is 54.0 Å². The minimum absolute atomic E-state index is 0.00747. The number of ether oxygens (including phenoxy) is 1. The first-order valence-corrected chi connectivity index (χ1v) is 16.4. The zero-order chi connectivity index (χ0) is 31.0. The predicted octanol–water partition coefficient (Wildman–Crippen LogP) is 4.03. The maximum atomic E-state index is 12.7. The van der Waals surface area contributed by atoms with Crippen molar-refractivity contribution < 1.29 is 9.53 Å². The number of piperazine rings is 1. The van der Waals surface area contributed by atoms with Gasteiger partial charge >= 0.3 is 0 Å². The summed E-state index contributed by atoms with van der Waals surface area (Å²) >= 11 is 0. The van der Waals surface area contributed by atoms with Crippen LogP contribution in [-0.2, 0) is 4.74 Å². The van der Waals surface area contributed by atoms with E-state index < -0.39 is 5.91 Å². The van der Waals surface area contributed by atoms with Crippen molar-refractivity contribution in [2.24, 2.45) is 5.73 Å². The first-order chi connectivity index (χ1) is 21.9. The lowest BCUT2D eigenvalue weighted by atomic mass is 10.0. The number of pyridine rings is 1. The Bertz CT molecular complexity index is 1510. The highest BCUT2D eigenvalue weighted by atomic mass is 16.5. The number of nitrogens with zero attached hydrogens (tertiary/aromatic N) is 6. The van der Waals surface area contributed by atoms with E-state index in [0.717, 1.165) is 69.7 Å². The van der Waals surface area contributed by atoms with Crippen LogP contribution in [0, 0.1) is 6.92 Å². The van der Waals surface area contributed by atoms with Crippen molar-refractivity contribution in [3.63, 3.8) is 0 Å². The highest BCUT2D eigenvalue weighted by Gasteiger charge is 2.48. The molecule has 11 nitrogen and oxygen atoms in total. The fourth-order valence-corrected chi connectivity index (χ4v) is 7.22. The van der Waals surface area contributed by atoms with Crippen molar-refractivity contribution in [1.82, 2.24) is 24.8 Å². The number of amides is 1. The number of anilines is 4. The number of aromatic nitrogens is 3. The minimum atomic E-state index is -0.633. The summed E-state index contributed by atoms with van der Waals surface area (Å²) in [6.07, 6.45) is 9.82. The van der Waals surface area contributed by atoms with Gasteiger partial charge in [0.15, 0.2) is 17.3 Å². The number of likely N-dealkylation sites (N-methyl/N-ethyl adjacent to an activating group) is 1. The highest BCUT2D eigenvalue weighted by Crippen LogP contribution is 2.47. The Hall–Kier alpha value is -3.80. The molecule has 3 aromatic rings. The van der Waals surface area contributed by atoms with E-state index in [4.69, 9.17) is 20.4 Å². The van der Waals surface area contributed by atoms with Gasteiger partial charge in [0.1, 0.15) is 5.69 Å². The van der Waals surface area contributed by atoms with Gasteiger partial charge in [-0.25, -0.2) is 9.97 Å². The largest absolute Gasteiger partial charge is 0.375 e. The summed E-state index contributed by atoms with van der Waals surface area (Å²) in [6, 6.07) is 11.0. The van der Waals surface area contributed by atoms with Gasteiger partial charge in [0.2, 0.25) is 0 Å². The number of carbonyl (C=O) groups excluding carboxylic acids is 1. The standard InChI is InChI=1S/C34H45N9O2/c1-23-21-25(3-4-28(23)43-14-7-27(8-15-43)42-18-16-41(2)17-19-42)37-33-30(31(35)44)39-29(24-5-12-36-13-6-24)32(40-33)38-26-9-20-45-34(22-26)10-11-34/h3-6,12-13,21,26-27H,7-11,14-20,22H2,1-2H3,(H2,35,44)(H2,37,38,40). The molecule has 7 rings (SSSR count). The number of primary amides is 1. The number of hydrogen-bond donors (Lipinski definition) is 3. The second kappa shape index (κ2) is 12.5. The van der Waals surface area contributed by atoms with Gasteiger partial charge in [-0.1, -0.05) is 0 Å². The number of benzene rings is 1. The van der Waals surface area contributed by atoms with E-state index >= 15 is 0 Å². The van der Waals surface area contributed by atoms with Crippen molar-refractivity contribution in [1.29, 1.82) is 0 Å². The van der Waals surface area contributed by atoms with Crippen LogP contribution in [0.5, 0.6) is 0 Å². The zero-order valence-electron chi connectivity index (χ0n) is 26.5. The van der Waals surface area contributed by atoms with Crippen LogP contribution in [0.15, 0.2) is 42.7 Å². The molecule has 1 spiro atoms. The van der Waals surface area contributed by atoms with Gasteiger partial charge in [0, 0.05) is 87.3 Å². The second-order valence-electron chi connectivity index (χ2n) is 13.3. The van der Waals surface area contributed by atoms with Crippen LogP contribution >= 0.6 is 0 Å². The molecular formula is C34H45N9O2. The van der Waals surface area contributed by atoms with Crippen molar-refractivity contribution in [2.45, 2.75) is 63.1 Å². The summed E-state index contributed by atoms with van der Waals surface area (Å²) in [5, 5.41) is 7.03. The molecule has 1 amide bonds. The van der Waals surface area contributed by atoms with E-state index in [1.54, 1.807) is 12.4 Å². The van der Waals surface area contributed by atoms with E-state index in [9.17, 15) is 4.79 Å². The van der Waals surface area contributed by atoms with Gasteiger partial charge in [-0.2, -0.15) is 0 Å². The number of nitrogens with two attached hydrogens (primary N) is 1. The number of nitrogens with one attached hydrogen (secondary N) is 2. The van der Waals surface area contributed by atoms with E-state index in [1.807, 2.05) is 12.1 Å². The minimum Gasteiger partial charge on any atom is -0.375 e. The summed E-state index contributed by atoms with van der Waals surface area (Å²) in [6.45, 7) is 9.65. The van der Waals surface area contributed by atoms with Crippen molar-refractivity contribution in [2.75, 3.05) is 68.5 Å². The summed E-state index contributed by atoms with van der Waals surface area (Å²) in [4.78, 5) is 34.2. The van der Waals surface area contributed by atoms with E-state index in [1.165, 1.54) is 37.2 Å². The SMILES string of the molecule is Cc1cc(Nc2nc(NC3CCOC4(CC4)C3)c(-c3ccncc3)nc2C(N)=O)ccc1N1CCC(N2CCN(C)CC2)CC1. The van der Waals surface area contributed by atoms with Gasteiger partial charge in [0.25, 0.3) is 5.91 Å². The normalized spacial score (nSPS) is 22.4. The van der Waals surface area contributed by atoms with Crippen LogP contribution in [-0.4, -0.2) is 101 Å². The Morgan fingerprint density at radius 3 is 2.42 bits per heavy atom. The van der Waals surface area contributed by atoms with Crippen LogP contribution in [0.2, 0.25) is 0 Å². The van der Waals surface area contributed by atoms with Crippen molar-refractivity contribution >= 4 is 28.9 Å². The zero-order valence-corrected chi connectivity index (χ0v) is 26.5. The van der Waals surface area contributed by atoms with E-state index in [0.29, 0.717) is 23.4 Å². The molecule has 238 valence electrons. The summed E-state index contributed by atoms with van der Waals surface area (Å²) in [5.74, 6) is 0.329. The summed E-state index contributed by atoms with van der Waals surface area (Å²) < 4.78 is 6.05. The Morgan fingerprint density at radius 2 is 1.73 bits per heavy atom. The molecule has 1 unspecified atom stereocenters. The molecule has 5 heterocycles. The third kappa shape index (κ3) is 6.61. The van der Waals surface area contributed by atoms with Gasteiger partial charge in [-0.15, -0.1) is 0 Å². The number of aryl methyl sites for hydroxylation is 1. The molecule has 3 saturated heterocycles. The van der Waals surface area contributed by atoms with E-state index in [-0.39, 0.29) is 17.3 Å². The molecule has 0 bridgehead atoms. The molecule has 11 heteroatoms. The molecule has 4 N–H and O–H groups in total. The first-order valence-electron chi connectivity index (χ1n) is 16.4. The third-order valence-corrected chi connectivity index (χ3v) is 10.0. The van der Waals surface area contributed by atoms with Gasteiger partial charge in [-0.05, 0) is 88.4 Å². The molecule has 1 aromatic carbocycles. The lowest BCUT2D eigenvalue weighted by molar-refractivity contribution is -0.00884. The molecule has 3 aliphatic heterocycles. The molecule has 1 saturated carbocycles. The van der Waals surface area contributed by atoms with Gasteiger partial charge in [0.05, 0.1) is 5.60 Å². The van der Waals surface area contributed by atoms with Crippen LogP contribution in [0.3, 0.4) is 0 Å². The number of rotatable bonds is 8. The Kier molecular flexibility index (Phi) is 8.32. The van der Waals surface area contributed by atoms with Gasteiger partial charge < -0.3 is 30.9 Å². The Balaban J connectivity index is 1.10. The maximum absolute atomic E-state index is 12.7. The molecule has 0 radical (unpaired) electrons. The van der Waals surface area contributed by atoms with E-state index in [2.05, 4.69) is 62.5 Å². The number of carbonyl (C=O) groups is 1. The first kappa shape index (κ1) is 29.9. The average Bonchev–Trinajstić information content (AvgIpc) is 3.79. The average molecular weight is 612 g/mol. The maximum Gasteiger partial charge on any atom is 0.271 e. The van der Waals surface area contributed by atoms with Crippen LogP contribution in [0.25, 0.3) is 11.3 Å². The van der Waals surface area contributed by atoms with Gasteiger partial charge in [-0.3, -0.25) is 14.7 Å². The van der Waals surface area contributed by atoms with Crippen LogP contribution in [0.4, 0.5) is 23.0 Å². The summed E-state index contributed by atoms with van der Waals surface area (Å²) in [7, 11) is 2.21. The lowest BCUT2D eigenvalue weighted by Gasteiger charge is -2.43. The van der Waals surface area contributed by atoms with Crippen molar-refractivity contribution in [3.8, 4) is 11.3 Å². The Labute approximate surface area is 265 Å². The molecule has 1 aliphatic carbocycles. The fourth-order valence-electron chi connectivity index (χ4n) is 7.22. The molecular weight excluding hydrogens is 566 g/mol. The molecule has 4 aliphatic rings. The smallest absolute Gasteiger partial charge is 0.271 e. The summed E-state index contributed by atoms with van der Waals surface area (Å²) in [5.41, 5.74) is 10.7. The lowest BCUT2D eigenvalue weighted by Crippen LogP contribution is -2.52. The number of hydrogen-bond acceptors (Lipinski definition) is 10. The topological polar surface area (TPSA) is 125 Å². The molecule has 1 atom stereocenters. The van der Waals surface area contributed by atoms with Crippen LogP contribution in [0.1, 0.15) is 54.6 Å². The quantitative estimate of drug-likeness (QED) is 0.344. The number of piperidine rings is 1. The third-order valence-electron chi connectivity index (χ3n) is 10.0. The fraction of sp³-hybridized carbons (Fsp3) is 0.529. The van der Waals surface area contributed by atoms with Crippen LogP contribution < -0.4 is 21.3 Å². The monoisotopic (exact) mass is 611 g/mol. The molecule has 45 heavy (non-hydrogen) atoms. The highest BCUT2D eigenvalue weighted by molar-refractivity contribution is 5.97. The Morgan fingerprint density at radius 1 is 0.978 bits per heavy atom. The molecule has 4 fully saturated rings. The second-order valence-corrected chi connectivity index (χ2v) is 13.3. The molecule has 2 aromatic heterocycles. The predicted molar refractivity (Wildman–Crippen MR) is 177 cm³/mol.